The minimum absolute atomic E-state index is 0.137. The lowest BCUT2D eigenvalue weighted by atomic mass is 10.1. The Labute approximate surface area is 116 Å². The van der Waals surface area contributed by atoms with Crippen molar-refractivity contribution in [3.8, 4) is 5.88 Å². The minimum atomic E-state index is 0.137. The van der Waals surface area contributed by atoms with Gasteiger partial charge in [-0.05, 0) is 30.0 Å². The van der Waals surface area contributed by atoms with Crippen LogP contribution in [0.3, 0.4) is 0 Å². The van der Waals surface area contributed by atoms with E-state index < -0.39 is 0 Å². The number of nitrogens with zero attached hydrogens (tertiary/aromatic N) is 2. The summed E-state index contributed by atoms with van der Waals surface area (Å²) < 4.78 is 5.47. The molecule has 2 aromatic rings. The molecule has 0 saturated carbocycles. The zero-order chi connectivity index (χ0) is 12.8. The predicted octanol–water partition coefficient (Wildman–Crippen LogP) is 3.80. The zero-order valence-electron chi connectivity index (χ0n) is 9.64. The lowest BCUT2D eigenvalue weighted by Crippen LogP contribution is -2.02. The molecular weight excluding hydrogens is 271 g/mol. The number of hydrogen-bond donors (Lipinski definition) is 0. The Hall–Kier alpha value is -1.32. The van der Waals surface area contributed by atoms with Crippen LogP contribution in [0.2, 0.25) is 10.3 Å². The van der Waals surface area contributed by atoms with Gasteiger partial charge in [0.05, 0.1) is 12.8 Å². The van der Waals surface area contributed by atoms with Crippen LogP contribution in [-0.2, 0) is 6.42 Å². The van der Waals surface area contributed by atoms with Gasteiger partial charge in [0.25, 0.3) is 0 Å². The molecule has 0 aliphatic rings. The van der Waals surface area contributed by atoms with Crippen molar-refractivity contribution in [1.29, 1.82) is 0 Å². The van der Waals surface area contributed by atoms with Crippen LogP contribution in [-0.4, -0.2) is 16.6 Å². The van der Waals surface area contributed by atoms with Gasteiger partial charge in [-0.2, -0.15) is 4.98 Å². The summed E-state index contributed by atoms with van der Waals surface area (Å²) >= 11 is 11.5. The molecule has 1 heterocycles. The molecule has 0 unspecified atom stereocenters. The van der Waals surface area contributed by atoms with Crippen LogP contribution in [0.4, 0.5) is 0 Å². The molecule has 94 valence electrons. The summed E-state index contributed by atoms with van der Waals surface area (Å²) in [4.78, 5) is 7.67. The summed E-state index contributed by atoms with van der Waals surface area (Å²) in [7, 11) is 0. The van der Waals surface area contributed by atoms with E-state index in [2.05, 4.69) is 22.1 Å². The number of halogens is 2. The van der Waals surface area contributed by atoms with Crippen molar-refractivity contribution in [2.75, 3.05) is 6.61 Å². The molecule has 0 aliphatic heterocycles. The molecule has 0 spiro atoms. The molecule has 0 saturated heterocycles. The summed E-state index contributed by atoms with van der Waals surface area (Å²) in [5, 5.41) is 0.511. The quantitative estimate of drug-likeness (QED) is 0.618. The van der Waals surface area contributed by atoms with Crippen LogP contribution in [0.1, 0.15) is 12.0 Å². The van der Waals surface area contributed by atoms with Gasteiger partial charge in [0.15, 0.2) is 0 Å². The second kappa shape index (κ2) is 6.57. The fourth-order valence-electron chi connectivity index (χ4n) is 1.52. The van der Waals surface area contributed by atoms with E-state index in [4.69, 9.17) is 27.9 Å². The molecule has 0 radical (unpaired) electrons. The van der Waals surface area contributed by atoms with Gasteiger partial charge in [0, 0.05) is 0 Å². The van der Waals surface area contributed by atoms with Gasteiger partial charge in [-0.1, -0.05) is 41.9 Å². The Morgan fingerprint density at radius 2 is 1.89 bits per heavy atom. The zero-order valence-corrected chi connectivity index (χ0v) is 11.2. The topological polar surface area (TPSA) is 35.0 Å². The van der Waals surface area contributed by atoms with Crippen molar-refractivity contribution in [3.63, 3.8) is 0 Å². The molecular formula is C13H12Cl2N2O. The maximum Gasteiger partial charge on any atom is 0.237 e. The molecule has 1 aromatic carbocycles. The minimum Gasteiger partial charge on any atom is -0.476 e. The molecule has 3 nitrogen and oxygen atoms in total. The Kier molecular flexibility index (Phi) is 4.79. The monoisotopic (exact) mass is 282 g/mol. The van der Waals surface area contributed by atoms with Gasteiger partial charge < -0.3 is 4.74 Å². The average Bonchev–Trinajstić information content (AvgIpc) is 2.40. The summed E-state index contributed by atoms with van der Waals surface area (Å²) in [5.74, 6) is 0.338. The summed E-state index contributed by atoms with van der Waals surface area (Å²) in [6.07, 6.45) is 3.28. The average molecular weight is 283 g/mol. The molecule has 5 heteroatoms. The molecule has 1 aromatic heterocycles. The van der Waals surface area contributed by atoms with E-state index in [0.29, 0.717) is 17.5 Å². The predicted molar refractivity (Wildman–Crippen MR) is 72.3 cm³/mol. The summed E-state index contributed by atoms with van der Waals surface area (Å²) in [6, 6.07) is 10.2. The number of aromatic nitrogens is 2. The van der Waals surface area contributed by atoms with E-state index in [1.807, 2.05) is 18.2 Å². The van der Waals surface area contributed by atoms with E-state index in [9.17, 15) is 0 Å². The highest BCUT2D eigenvalue weighted by atomic mass is 35.5. The largest absolute Gasteiger partial charge is 0.476 e. The molecule has 2 rings (SSSR count). The van der Waals surface area contributed by atoms with Crippen molar-refractivity contribution < 1.29 is 4.74 Å². The molecule has 0 aliphatic carbocycles. The van der Waals surface area contributed by atoms with Crippen molar-refractivity contribution in [3.05, 3.63) is 52.4 Å². The molecule has 0 fully saturated rings. The number of ether oxygens (including phenoxy) is 1. The van der Waals surface area contributed by atoms with E-state index in [0.717, 1.165) is 12.8 Å². The third-order valence-corrected chi connectivity index (χ3v) is 2.82. The van der Waals surface area contributed by atoms with Crippen molar-refractivity contribution >= 4 is 23.2 Å². The maximum absolute atomic E-state index is 5.88. The normalized spacial score (nSPS) is 10.3. The second-order valence-corrected chi connectivity index (χ2v) is 4.47. The Morgan fingerprint density at radius 1 is 1.11 bits per heavy atom. The summed E-state index contributed by atoms with van der Waals surface area (Å²) in [6.45, 7) is 0.544. The van der Waals surface area contributed by atoms with Gasteiger partial charge in [-0.15, -0.1) is 0 Å². The number of aryl methyl sites for hydroxylation is 1. The first kappa shape index (κ1) is 13.1. The van der Waals surface area contributed by atoms with Gasteiger partial charge in [0.2, 0.25) is 11.2 Å². The van der Waals surface area contributed by atoms with E-state index in [1.54, 1.807) is 0 Å². The van der Waals surface area contributed by atoms with Gasteiger partial charge in [-0.3, -0.25) is 0 Å². The maximum atomic E-state index is 5.88. The third kappa shape index (κ3) is 3.86. The van der Waals surface area contributed by atoms with Gasteiger partial charge >= 0.3 is 0 Å². The SMILES string of the molecule is Clc1ncc(Cl)c(OCCCc2ccccc2)n1. The number of rotatable bonds is 5. The van der Waals surface area contributed by atoms with E-state index >= 15 is 0 Å². The van der Waals surface area contributed by atoms with Crippen LogP contribution < -0.4 is 4.74 Å². The van der Waals surface area contributed by atoms with Crippen LogP contribution >= 0.6 is 23.2 Å². The Morgan fingerprint density at radius 3 is 2.67 bits per heavy atom. The molecule has 0 atom stereocenters. The molecule has 18 heavy (non-hydrogen) atoms. The fraction of sp³-hybridized carbons (Fsp3) is 0.231. The second-order valence-electron chi connectivity index (χ2n) is 3.73. The Bertz CT molecular complexity index is 506. The molecule has 0 N–H and O–H groups in total. The highest BCUT2D eigenvalue weighted by Gasteiger charge is 2.05. The Balaban J connectivity index is 1.80. The smallest absolute Gasteiger partial charge is 0.237 e. The number of hydrogen-bond acceptors (Lipinski definition) is 3. The first-order valence-corrected chi connectivity index (χ1v) is 6.36. The highest BCUT2D eigenvalue weighted by molar-refractivity contribution is 6.32. The summed E-state index contributed by atoms with van der Waals surface area (Å²) in [5.41, 5.74) is 1.29. The molecule has 0 bridgehead atoms. The standard InChI is InChI=1S/C13H12Cl2N2O/c14-11-9-16-13(15)17-12(11)18-8-4-7-10-5-2-1-3-6-10/h1-3,5-6,9H,4,7-8H2. The van der Waals surface area contributed by atoms with Crippen LogP contribution in [0.15, 0.2) is 36.5 Å². The van der Waals surface area contributed by atoms with Crippen LogP contribution in [0.5, 0.6) is 5.88 Å². The molecule has 0 amide bonds. The van der Waals surface area contributed by atoms with E-state index in [1.165, 1.54) is 11.8 Å². The van der Waals surface area contributed by atoms with Crippen molar-refractivity contribution in [1.82, 2.24) is 9.97 Å². The fourth-order valence-corrected chi connectivity index (χ4v) is 1.79. The first-order valence-electron chi connectivity index (χ1n) is 5.60. The first-order chi connectivity index (χ1) is 8.75. The van der Waals surface area contributed by atoms with Crippen molar-refractivity contribution in [2.45, 2.75) is 12.8 Å². The third-order valence-electron chi connectivity index (χ3n) is 2.37. The number of benzene rings is 1. The van der Waals surface area contributed by atoms with Crippen molar-refractivity contribution in [2.24, 2.45) is 0 Å². The van der Waals surface area contributed by atoms with Crippen LogP contribution in [0.25, 0.3) is 0 Å². The highest BCUT2D eigenvalue weighted by Crippen LogP contribution is 2.21. The van der Waals surface area contributed by atoms with Gasteiger partial charge in [0.1, 0.15) is 5.02 Å². The van der Waals surface area contributed by atoms with Crippen LogP contribution in [0, 0.1) is 0 Å². The van der Waals surface area contributed by atoms with Gasteiger partial charge in [-0.25, -0.2) is 4.98 Å². The lowest BCUT2D eigenvalue weighted by molar-refractivity contribution is 0.299. The lowest BCUT2D eigenvalue weighted by Gasteiger charge is -2.06. The van der Waals surface area contributed by atoms with E-state index in [-0.39, 0.29) is 5.28 Å².